The Balaban J connectivity index is 1.51. The molecule has 1 aromatic carbocycles. The number of aromatic nitrogens is 2. The first-order valence-corrected chi connectivity index (χ1v) is 8.54. The van der Waals surface area contributed by atoms with E-state index in [4.69, 9.17) is 9.47 Å². The van der Waals surface area contributed by atoms with E-state index in [9.17, 15) is 4.79 Å². The van der Waals surface area contributed by atoms with Crippen LogP contribution in [0, 0.1) is 6.92 Å². The highest BCUT2D eigenvalue weighted by molar-refractivity contribution is 6.00. The Morgan fingerprint density at radius 1 is 1.16 bits per heavy atom. The Hall–Kier alpha value is -2.63. The maximum Gasteiger partial charge on any atom is 0.170 e. The summed E-state index contributed by atoms with van der Waals surface area (Å²) in [7, 11) is 1.60. The molecule has 2 aromatic rings. The van der Waals surface area contributed by atoms with Crippen LogP contribution in [0.4, 0.5) is 5.82 Å². The quantitative estimate of drug-likeness (QED) is 0.838. The van der Waals surface area contributed by atoms with Crippen molar-refractivity contribution in [3.63, 3.8) is 0 Å². The summed E-state index contributed by atoms with van der Waals surface area (Å²) in [4.78, 5) is 14.8. The fraction of sp³-hybridized carbons (Fsp3) is 0.421. The molecule has 2 aliphatic heterocycles. The van der Waals surface area contributed by atoms with E-state index in [1.165, 1.54) is 0 Å². The number of aryl methyl sites for hydroxylation is 1. The highest BCUT2D eigenvalue weighted by Gasteiger charge is 2.43. The van der Waals surface area contributed by atoms with Crippen LogP contribution in [-0.2, 0) is 0 Å². The Kier molecular flexibility index (Phi) is 3.82. The molecule has 1 fully saturated rings. The molecule has 2 aliphatic rings. The highest BCUT2D eigenvalue weighted by atomic mass is 16.5. The average Bonchev–Trinajstić information content (AvgIpc) is 2.63. The van der Waals surface area contributed by atoms with Crippen molar-refractivity contribution in [1.29, 1.82) is 0 Å². The second-order valence-corrected chi connectivity index (χ2v) is 6.77. The lowest BCUT2D eigenvalue weighted by Crippen LogP contribution is -2.51. The van der Waals surface area contributed by atoms with Gasteiger partial charge < -0.3 is 14.4 Å². The molecular weight excluding hydrogens is 318 g/mol. The molecule has 0 saturated carbocycles. The van der Waals surface area contributed by atoms with Gasteiger partial charge in [-0.15, -0.1) is 5.10 Å². The lowest BCUT2D eigenvalue weighted by atomic mass is 9.82. The number of rotatable bonds is 2. The molecule has 0 unspecified atom stereocenters. The van der Waals surface area contributed by atoms with Crippen LogP contribution in [0.15, 0.2) is 30.3 Å². The predicted octanol–water partition coefficient (Wildman–Crippen LogP) is 2.80. The van der Waals surface area contributed by atoms with Crippen LogP contribution in [-0.4, -0.2) is 41.8 Å². The van der Waals surface area contributed by atoms with Crippen LogP contribution in [0.2, 0.25) is 0 Å². The van der Waals surface area contributed by atoms with Crippen LogP contribution < -0.4 is 14.4 Å². The highest BCUT2D eigenvalue weighted by Crippen LogP contribution is 2.40. The molecule has 0 N–H and O–H groups in total. The zero-order valence-electron chi connectivity index (χ0n) is 14.5. The average molecular weight is 339 g/mol. The van der Waals surface area contributed by atoms with Crippen molar-refractivity contribution < 1.29 is 14.3 Å². The standard InChI is InChI=1S/C19H21N3O3/c1-13-3-6-18(21-20-13)22-9-7-19(8-10-22)12-16(23)15-11-14(24-2)4-5-17(15)25-19/h3-6,11H,7-10,12H2,1-2H3. The molecule has 1 aromatic heterocycles. The van der Waals surface area contributed by atoms with Gasteiger partial charge in [0.25, 0.3) is 0 Å². The van der Waals surface area contributed by atoms with Crippen molar-refractivity contribution in [1.82, 2.24) is 10.2 Å². The number of fused-ring (bicyclic) bond motifs is 1. The molecule has 25 heavy (non-hydrogen) atoms. The molecule has 6 heteroatoms. The van der Waals surface area contributed by atoms with E-state index in [0.717, 1.165) is 37.4 Å². The number of nitrogens with zero attached hydrogens (tertiary/aromatic N) is 3. The molecule has 3 heterocycles. The molecule has 0 amide bonds. The number of benzene rings is 1. The predicted molar refractivity (Wildman–Crippen MR) is 93.5 cm³/mol. The van der Waals surface area contributed by atoms with E-state index < -0.39 is 5.60 Å². The summed E-state index contributed by atoms with van der Waals surface area (Å²) in [5.41, 5.74) is 1.12. The SMILES string of the molecule is COc1ccc2c(c1)C(=O)CC1(CCN(c3ccc(C)nn3)CC1)O2. The number of methoxy groups -OCH3 is 1. The van der Waals surface area contributed by atoms with Crippen molar-refractivity contribution in [3.05, 3.63) is 41.6 Å². The molecule has 130 valence electrons. The fourth-order valence-corrected chi connectivity index (χ4v) is 3.58. The molecule has 0 bridgehead atoms. The Labute approximate surface area is 146 Å². The number of ether oxygens (including phenoxy) is 2. The summed E-state index contributed by atoms with van der Waals surface area (Å²) in [6.07, 6.45) is 2.00. The number of piperidine rings is 1. The molecule has 1 saturated heterocycles. The molecule has 1 spiro atoms. The largest absolute Gasteiger partial charge is 0.497 e. The first-order chi connectivity index (χ1) is 12.1. The molecule has 6 nitrogen and oxygen atoms in total. The topological polar surface area (TPSA) is 64.5 Å². The third-order valence-electron chi connectivity index (χ3n) is 5.08. The minimum atomic E-state index is -0.409. The van der Waals surface area contributed by atoms with Crippen LogP contribution in [0.1, 0.15) is 35.3 Å². The van der Waals surface area contributed by atoms with E-state index in [0.29, 0.717) is 23.5 Å². The number of carbonyl (C=O) groups excluding carboxylic acids is 1. The van der Waals surface area contributed by atoms with Gasteiger partial charge in [-0.25, -0.2) is 0 Å². The number of carbonyl (C=O) groups is 1. The summed E-state index contributed by atoms with van der Waals surface area (Å²) in [5.74, 6) is 2.36. The third kappa shape index (κ3) is 2.92. The van der Waals surface area contributed by atoms with Crippen molar-refractivity contribution in [2.75, 3.05) is 25.1 Å². The molecule has 4 rings (SSSR count). The van der Waals surface area contributed by atoms with E-state index >= 15 is 0 Å². The van der Waals surface area contributed by atoms with Crippen LogP contribution >= 0.6 is 0 Å². The van der Waals surface area contributed by atoms with Crippen LogP contribution in [0.3, 0.4) is 0 Å². The Morgan fingerprint density at radius 2 is 1.96 bits per heavy atom. The van der Waals surface area contributed by atoms with Crippen molar-refractivity contribution in [2.24, 2.45) is 0 Å². The lowest BCUT2D eigenvalue weighted by molar-refractivity contribution is 0.0230. The van der Waals surface area contributed by atoms with Crippen molar-refractivity contribution in [2.45, 2.75) is 31.8 Å². The fourth-order valence-electron chi connectivity index (χ4n) is 3.58. The first kappa shape index (κ1) is 15.9. The lowest BCUT2D eigenvalue weighted by Gasteiger charge is -2.44. The second kappa shape index (κ2) is 6.02. The van der Waals surface area contributed by atoms with Gasteiger partial charge in [-0.3, -0.25) is 4.79 Å². The normalized spacial score (nSPS) is 18.6. The summed E-state index contributed by atoms with van der Waals surface area (Å²) >= 11 is 0. The molecule has 0 atom stereocenters. The van der Waals surface area contributed by atoms with Gasteiger partial charge in [0.2, 0.25) is 0 Å². The molecular formula is C19H21N3O3. The summed E-state index contributed by atoms with van der Waals surface area (Å²) < 4.78 is 11.5. The van der Waals surface area contributed by atoms with Gasteiger partial charge in [-0.2, -0.15) is 5.10 Å². The number of Topliss-reactive ketones (excluding diaryl/α,β-unsaturated/α-hetero) is 1. The Morgan fingerprint density at radius 3 is 2.64 bits per heavy atom. The van der Waals surface area contributed by atoms with Gasteiger partial charge in [0.1, 0.15) is 17.1 Å². The van der Waals surface area contributed by atoms with Crippen LogP contribution in [0.25, 0.3) is 0 Å². The van der Waals surface area contributed by atoms with Gasteiger partial charge >= 0.3 is 0 Å². The molecule has 0 radical (unpaired) electrons. The summed E-state index contributed by atoms with van der Waals surface area (Å²) in [6, 6.07) is 9.40. The van der Waals surface area contributed by atoms with Crippen LogP contribution in [0.5, 0.6) is 11.5 Å². The number of ketones is 1. The van der Waals surface area contributed by atoms with Gasteiger partial charge in [0.05, 0.1) is 24.8 Å². The number of hydrogen-bond donors (Lipinski definition) is 0. The van der Waals surface area contributed by atoms with Gasteiger partial charge in [0, 0.05) is 25.9 Å². The van der Waals surface area contributed by atoms with E-state index in [1.54, 1.807) is 13.2 Å². The van der Waals surface area contributed by atoms with Gasteiger partial charge in [-0.1, -0.05) is 0 Å². The Bertz CT molecular complexity index is 796. The second-order valence-electron chi connectivity index (χ2n) is 6.77. The van der Waals surface area contributed by atoms with Crippen molar-refractivity contribution >= 4 is 11.6 Å². The molecule has 0 aliphatic carbocycles. The monoisotopic (exact) mass is 339 g/mol. The van der Waals surface area contributed by atoms with Gasteiger partial charge in [0.15, 0.2) is 11.6 Å². The van der Waals surface area contributed by atoms with E-state index in [1.807, 2.05) is 31.2 Å². The van der Waals surface area contributed by atoms with E-state index in [-0.39, 0.29) is 5.78 Å². The van der Waals surface area contributed by atoms with E-state index in [2.05, 4.69) is 15.1 Å². The van der Waals surface area contributed by atoms with Crippen molar-refractivity contribution in [3.8, 4) is 11.5 Å². The maximum absolute atomic E-state index is 12.6. The smallest absolute Gasteiger partial charge is 0.170 e. The first-order valence-electron chi connectivity index (χ1n) is 8.54. The number of anilines is 1. The maximum atomic E-state index is 12.6. The number of hydrogen-bond acceptors (Lipinski definition) is 6. The third-order valence-corrected chi connectivity index (χ3v) is 5.08. The summed E-state index contributed by atoms with van der Waals surface area (Å²) in [6.45, 7) is 3.53. The minimum absolute atomic E-state index is 0.128. The summed E-state index contributed by atoms with van der Waals surface area (Å²) in [5, 5.41) is 8.39. The zero-order chi connectivity index (χ0) is 17.4. The van der Waals surface area contributed by atoms with Gasteiger partial charge in [-0.05, 0) is 37.3 Å². The minimum Gasteiger partial charge on any atom is -0.497 e. The zero-order valence-corrected chi connectivity index (χ0v) is 14.5.